The molecule has 100 valence electrons. The molecule has 0 radical (unpaired) electrons. The third-order valence-electron chi connectivity index (χ3n) is 3.42. The van der Waals surface area contributed by atoms with Gasteiger partial charge in [-0.05, 0) is 56.1 Å². The van der Waals surface area contributed by atoms with Crippen molar-refractivity contribution in [1.82, 2.24) is 0 Å². The Kier molecular flexibility index (Phi) is 5.08. The summed E-state index contributed by atoms with van der Waals surface area (Å²) in [7, 11) is -1.09. The van der Waals surface area contributed by atoms with Crippen molar-refractivity contribution in [3.8, 4) is 5.75 Å². The highest BCUT2D eigenvalue weighted by atomic mass is 28.3. The molecule has 0 spiro atoms. The van der Waals surface area contributed by atoms with E-state index in [1.54, 1.807) is 0 Å². The summed E-state index contributed by atoms with van der Waals surface area (Å²) < 4.78 is 5.84. The smallest absolute Gasteiger partial charge is 0.229 e. The van der Waals surface area contributed by atoms with Gasteiger partial charge in [0.1, 0.15) is 11.3 Å². The quantitative estimate of drug-likeness (QED) is 0.573. The maximum absolute atomic E-state index is 11.2. The molecule has 1 rings (SSSR count). The molecule has 0 amide bonds. The Morgan fingerprint density at radius 3 is 2.28 bits per heavy atom. The van der Waals surface area contributed by atoms with E-state index in [9.17, 15) is 4.91 Å². The molecule has 0 saturated carbocycles. The van der Waals surface area contributed by atoms with Crippen LogP contribution in [0.5, 0.6) is 5.75 Å². The number of benzene rings is 1. The Morgan fingerprint density at radius 2 is 1.89 bits per heavy atom. The van der Waals surface area contributed by atoms with Crippen LogP contribution in [0.4, 0.5) is 0 Å². The largest absolute Gasteiger partial charge is 0.547 e. The second kappa shape index (κ2) is 6.14. The van der Waals surface area contributed by atoms with Gasteiger partial charge in [-0.2, -0.15) is 0 Å². The monoisotopic (exact) mass is 265 g/mol. The van der Waals surface area contributed by atoms with Gasteiger partial charge in [-0.25, -0.2) is 0 Å². The summed E-state index contributed by atoms with van der Waals surface area (Å²) in [6.45, 7) is 10.3. The lowest BCUT2D eigenvalue weighted by Crippen LogP contribution is -2.21. The van der Waals surface area contributed by atoms with Crippen molar-refractivity contribution in [2.45, 2.75) is 52.2 Å². The van der Waals surface area contributed by atoms with Gasteiger partial charge in [0.05, 0.1) is 0 Å². The average Bonchev–Trinajstić information content (AvgIpc) is 2.35. The molecule has 4 heteroatoms. The molecule has 0 aliphatic heterocycles. The Morgan fingerprint density at radius 1 is 1.28 bits per heavy atom. The van der Waals surface area contributed by atoms with E-state index in [-0.39, 0.29) is 0 Å². The third kappa shape index (κ3) is 2.99. The zero-order chi connectivity index (χ0) is 13.8. The first-order valence-electron chi connectivity index (χ1n) is 6.61. The standard InChI is InChI=1S/C14H23NO2Si/c1-6-14(7-2,15-16)12-8-9-13(11(3)10-12)17-18(4)5/h8-10,18H,6-7H2,1-5H3. The molecule has 0 aromatic heterocycles. The number of nitrogens with zero attached hydrogens (tertiary/aromatic N) is 1. The van der Waals surface area contributed by atoms with Crippen molar-refractivity contribution >= 4 is 9.04 Å². The summed E-state index contributed by atoms with van der Waals surface area (Å²) >= 11 is 0. The van der Waals surface area contributed by atoms with Crippen LogP contribution in [0.3, 0.4) is 0 Å². The second-order valence-corrected chi connectivity index (χ2v) is 7.31. The molecule has 0 atom stereocenters. The fourth-order valence-corrected chi connectivity index (χ4v) is 2.94. The van der Waals surface area contributed by atoms with E-state index >= 15 is 0 Å². The zero-order valence-electron chi connectivity index (χ0n) is 12.0. The first-order chi connectivity index (χ1) is 8.49. The highest BCUT2D eigenvalue weighted by molar-refractivity contribution is 6.49. The van der Waals surface area contributed by atoms with Gasteiger partial charge >= 0.3 is 0 Å². The van der Waals surface area contributed by atoms with Gasteiger partial charge in [0, 0.05) is 0 Å². The van der Waals surface area contributed by atoms with Gasteiger partial charge in [-0.15, -0.1) is 4.91 Å². The predicted octanol–water partition coefficient (Wildman–Crippen LogP) is 4.14. The SMILES string of the molecule is CCC(CC)(N=O)c1ccc(O[SiH](C)C)c(C)c1. The van der Waals surface area contributed by atoms with Crippen molar-refractivity contribution in [3.05, 3.63) is 34.2 Å². The van der Waals surface area contributed by atoms with Crippen LogP contribution in [-0.4, -0.2) is 9.04 Å². The topological polar surface area (TPSA) is 38.7 Å². The number of nitroso groups, excluding NO2 is 1. The lowest BCUT2D eigenvalue weighted by atomic mass is 9.85. The minimum Gasteiger partial charge on any atom is -0.547 e. The number of aryl methyl sites for hydroxylation is 1. The van der Waals surface area contributed by atoms with Crippen LogP contribution in [0.2, 0.25) is 13.1 Å². The van der Waals surface area contributed by atoms with Crippen LogP contribution < -0.4 is 4.43 Å². The van der Waals surface area contributed by atoms with E-state index in [1.165, 1.54) is 0 Å². The summed E-state index contributed by atoms with van der Waals surface area (Å²) in [6.07, 6.45) is 1.46. The zero-order valence-corrected chi connectivity index (χ0v) is 13.1. The lowest BCUT2D eigenvalue weighted by molar-refractivity contribution is 0.411. The summed E-state index contributed by atoms with van der Waals surface area (Å²) in [4.78, 5) is 11.2. The molecule has 0 fully saturated rings. The fraction of sp³-hybridized carbons (Fsp3) is 0.571. The maximum Gasteiger partial charge on any atom is 0.229 e. The molecule has 0 aliphatic carbocycles. The molecule has 1 aromatic rings. The number of hydrogen-bond donors (Lipinski definition) is 0. The molecule has 1 aromatic carbocycles. The van der Waals surface area contributed by atoms with E-state index in [0.29, 0.717) is 0 Å². The Balaban J connectivity index is 3.13. The molecule has 0 heterocycles. The highest BCUT2D eigenvalue weighted by Gasteiger charge is 2.30. The van der Waals surface area contributed by atoms with Gasteiger partial charge in [-0.3, -0.25) is 0 Å². The first kappa shape index (κ1) is 14.9. The molecule has 0 N–H and O–H groups in total. The first-order valence-corrected chi connectivity index (χ1v) is 9.39. The van der Waals surface area contributed by atoms with Crippen LogP contribution in [0.1, 0.15) is 37.8 Å². The Bertz CT molecular complexity index is 414. The third-order valence-corrected chi connectivity index (χ3v) is 4.14. The van der Waals surface area contributed by atoms with Crippen LogP contribution in [0.25, 0.3) is 0 Å². The average molecular weight is 265 g/mol. The normalized spacial score (nSPS) is 11.7. The Labute approximate surface area is 111 Å². The minimum absolute atomic E-state index is 0.585. The van der Waals surface area contributed by atoms with Crippen LogP contribution in [0.15, 0.2) is 23.4 Å². The van der Waals surface area contributed by atoms with Crippen molar-refractivity contribution in [1.29, 1.82) is 0 Å². The lowest BCUT2D eigenvalue weighted by Gasteiger charge is -2.25. The van der Waals surface area contributed by atoms with Crippen molar-refractivity contribution in [3.63, 3.8) is 0 Å². The summed E-state index contributed by atoms with van der Waals surface area (Å²) in [5, 5.41) is 3.38. The van der Waals surface area contributed by atoms with E-state index in [1.807, 2.05) is 39.0 Å². The summed E-state index contributed by atoms with van der Waals surface area (Å²) in [6, 6.07) is 6.00. The molecular weight excluding hydrogens is 242 g/mol. The number of rotatable bonds is 6. The summed E-state index contributed by atoms with van der Waals surface area (Å²) in [5.41, 5.74) is 1.50. The van der Waals surface area contributed by atoms with E-state index in [0.717, 1.165) is 29.7 Å². The summed E-state index contributed by atoms with van der Waals surface area (Å²) in [5.74, 6) is 0.937. The minimum atomic E-state index is -1.09. The molecule has 0 bridgehead atoms. The Hall–Kier alpha value is -1.16. The molecular formula is C14H23NO2Si. The van der Waals surface area contributed by atoms with Gasteiger partial charge in [0.2, 0.25) is 9.04 Å². The van der Waals surface area contributed by atoms with Crippen LogP contribution >= 0.6 is 0 Å². The fourth-order valence-electron chi connectivity index (χ4n) is 2.17. The number of hydrogen-bond acceptors (Lipinski definition) is 3. The highest BCUT2D eigenvalue weighted by Crippen LogP contribution is 2.35. The van der Waals surface area contributed by atoms with E-state index < -0.39 is 14.6 Å². The predicted molar refractivity (Wildman–Crippen MR) is 78.7 cm³/mol. The molecule has 18 heavy (non-hydrogen) atoms. The van der Waals surface area contributed by atoms with Crippen LogP contribution in [0, 0.1) is 11.8 Å². The van der Waals surface area contributed by atoms with E-state index in [2.05, 4.69) is 18.3 Å². The van der Waals surface area contributed by atoms with Crippen molar-refractivity contribution in [2.75, 3.05) is 0 Å². The molecule has 0 aliphatic rings. The molecule has 0 saturated heterocycles. The van der Waals surface area contributed by atoms with Crippen molar-refractivity contribution in [2.24, 2.45) is 5.18 Å². The van der Waals surface area contributed by atoms with Gasteiger partial charge in [0.25, 0.3) is 0 Å². The van der Waals surface area contributed by atoms with Gasteiger partial charge in [0.15, 0.2) is 0 Å². The van der Waals surface area contributed by atoms with E-state index in [4.69, 9.17) is 4.43 Å². The van der Waals surface area contributed by atoms with Gasteiger partial charge < -0.3 is 4.43 Å². The second-order valence-electron chi connectivity index (χ2n) is 4.98. The maximum atomic E-state index is 11.2. The molecule has 0 unspecified atom stereocenters. The van der Waals surface area contributed by atoms with Gasteiger partial charge in [-0.1, -0.05) is 25.1 Å². The van der Waals surface area contributed by atoms with Crippen molar-refractivity contribution < 1.29 is 4.43 Å². The van der Waals surface area contributed by atoms with Crippen LogP contribution in [-0.2, 0) is 5.54 Å². The molecule has 3 nitrogen and oxygen atoms in total.